The molecule has 1 heterocycles. The smallest absolute Gasteiger partial charge is 0.411 e. The van der Waals surface area contributed by atoms with E-state index in [2.05, 4.69) is 4.74 Å². The summed E-state index contributed by atoms with van der Waals surface area (Å²) < 4.78 is 39.6. The van der Waals surface area contributed by atoms with Crippen molar-refractivity contribution in [2.24, 2.45) is 0 Å². The van der Waals surface area contributed by atoms with Crippen LogP contribution in [0.25, 0.3) is 0 Å². The van der Waals surface area contributed by atoms with Crippen LogP contribution in [0, 0.1) is 0 Å². The maximum Gasteiger partial charge on any atom is 0.411 e. The molecule has 1 N–H and O–H groups in total. The number of carboxylic acids is 1. The Hall–Kier alpha value is -0.730. The standard InChI is InChI=1S/C10H11F3O3S2/c11-10(12,13)6-16-2-1-3-17-7-4-8(9(14)15)18-5-7/h4-5H,1-3,6H2,(H,14,15). The fourth-order valence-electron chi connectivity index (χ4n) is 1.05. The minimum absolute atomic E-state index is 0.0441. The molecule has 0 saturated heterocycles. The first-order valence-electron chi connectivity index (χ1n) is 4.97. The maximum absolute atomic E-state index is 11.7. The summed E-state index contributed by atoms with van der Waals surface area (Å²) in [6.07, 6.45) is -3.80. The summed E-state index contributed by atoms with van der Waals surface area (Å²) in [5, 5.41) is 10.4. The summed E-state index contributed by atoms with van der Waals surface area (Å²) in [6, 6.07) is 1.55. The van der Waals surface area contributed by atoms with E-state index in [-0.39, 0.29) is 11.5 Å². The van der Waals surface area contributed by atoms with Gasteiger partial charge in [0.15, 0.2) is 0 Å². The van der Waals surface area contributed by atoms with Crippen LogP contribution in [0.2, 0.25) is 0 Å². The quantitative estimate of drug-likeness (QED) is 0.618. The van der Waals surface area contributed by atoms with Gasteiger partial charge in [0.2, 0.25) is 0 Å². The number of hydrogen-bond donors (Lipinski definition) is 1. The van der Waals surface area contributed by atoms with Crippen LogP contribution in [0.5, 0.6) is 0 Å². The number of carbonyl (C=O) groups is 1. The second kappa shape index (κ2) is 7.01. The van der Waals surface area contributed by atoms with Crippen molar-refractivity contribution in [3.63, 3.8) is 0 Å². The first kappa shape index (κ1) is 15.3. The zero-order chi connectivity index (χ0) is 13.6. The van der Waals surface area contributed by atoms with E-state index in [4.69, 9.17) is 5.11 Å². The Morgan fingerprint density at radius 1 is 1.50 bits per heavy atom. The molecule has 0 atom stereocenters. The molecule has 0 fully saturated rings. The predicted octanol–water partition coefficient (Wildman–Crippen LogP) is 3.51. The first-order chi connectivity index (χ1) is 8.38. The van der Waals surface area contributed by atoms with Crippen LogP contribution < -0.4 is 0 Å². The molecule has 0 saturated carbocycles. The normalized spacial score (nSPS) is 11.7. The lowest BCUT2D eigenvalue weighted by molar-refractivity contribution is -0.173. The number of thiophene rings is 1. The summed E-state index contributed by atoms with van der Waals surface area (Å²) in [7, 11) is 0. The largest absolute Gasteiger partial charge is 0.477 e. The van der Waals surface area contributed by atoms with Crippen LogP contribution in [0.4, 0.5) is 13.2 Å². The number of alkyl halides is 3. The molecular formula is C10H11F3O3S2. The van der Waals surface area contributed by atoms with E-state index in [1.165, 1.54) is 11.8 Å². The molecule has 1 aromatic rings. The van der Waals surface area contributed by atoms with Gasteiger partial charge in [0, 0.05) is 22.6 Å². The van der Waals surface area contributed by atoms with Crippen molar-refractivity contribution < 1.29 is 27.8 Å². The van der Waals surface area contributed by atoms with Crippen LogP contribution in [-0.4, -0.2) is 36.2 Å². The molecular weight excluding hydrogens is 289 g/mol. The molecule has 1 rings (SSSR count). The van der Waals surface area contributed by atoms with Crippen molar-refractivity contribution in [3.05, 3.63) is 16.3 Å². The van der Waals surface area contributed by atoms with E-state index in [0.717, 1.165) is 16.2 Å². The molecule has 0 amide bonds. The highest BCUT2D eigenvalue weighted by Gasteiger charge is 2.27. The molecule has 0 aliphatic rings. The van der Waals surface area contributed by atoms with E-state index in [1.54, 1.807) is 11.4 Å². The lowest BCUT2D eigenvalue weighted by Gasteiger charge is -2.06. The highest BCUT2D eigenvalue weighted by Crippen LogP contribution is 2.25. The number of halogens is 3. The van der Waals surface area contributed by atoms with Gasteiger partial charge in [-0.2, -0.15) is 13.2 Å². The molecule has 0 bridgehead atoms. The SMILES string of the molecule is O=C(O)c1cc(SCCCOCC(F)(F)F)cs1. The van der Waals surface area contributed by atoms with E-state index < -0.39 is 18.8 Å². The van der Waals surface area contributed by atoms with E-state index in [9.17, 15) is 18.0 Å². The number of aromatic carboxylic acids is 1. The molecule has 1 aromatic heterocycles. The third kappa shape index (κ3) is 6.27. The number of hydrogen-bond acceptors (Lipinski definition) is 4. The third-order valence-corrected chi connectivity index (χ3v) is 3.88. The molecule has 0 aliphatic heterocycles. The van der Waals surface area contributed by atoms with Gasteiger partial charge in [-0.3, -0.25) is 0 Å². The summed E-state index contributed by atoms with van der Waals surface area (Å²) >= 11 is 2.53. The Morgan fingerprint density at radius 3 is 2.78 bits per heavy atom. The monoisotopic (exact) mass is 300 g/mol. The van der Waals surface area contributed by atoms with Crippen molar-refractivity contribution >= 4 is 29.1 Å². The van der Waals surface area contributed by atoms with Crippen molar-refractivity contribution in [1.82, 2.24) is 0 Å². The molecule has 102 valence electrons. The highest BCUT2D eigenvalue weighted by molar-refractivity contribution is 7.99. The molecule has 0 radical (unpaired) electrons. The topological polar surface area (TPSA) is 46.5 Å². The van der Waals surface area contributed by atoms with E-state index >= 15 is 0 Å². The Morgan fingerprint density at radius 2 is 2.22 bits per heavy atom. The Bertz CT molecular complexity index is 390. The molecule has 0 aliphatic carbocycles. The van der Waals surface area contributed by atoms with Gasteiger partial charge in [-0.1, -0.05) is 0 Å². The van der Waals surface area contributed by atoms with Gasteiger partial charge in [0.25, 0.3) is 0 Å². The third-order valence-electron chi connectivity index (χ3n) is 1.75. The summed E-state index contributed by atoms with van der Waals surface area (Å²) in [6.45, 7) is -1.18. The average Bonchev–Trinajstić information content (AvgIpc) is 2.70. The molecule has 0 aromatic carbocycles. The minimum atomic E-state index is -4.28. The van der Waals surface area contributed by atoms with E-state index in [1.807, 2.05) is 0 Å². The number of ether oxygens (including phenoxy) is 1. The molecule has 3 nitrogen and oxygen atoms in total. The van der Waals surface area contributed by atoms with Crippen molar-refractivity contribution in [3.8, 4) is 0 Å². The first-order valence-corrected chi connectivity index (χ1v) is 6.84. The van der Waals surface area contributed by atoms with Gasteiger partial charge in [0.05, 0.1) is 0 Å². The summed E-state index contributed by atoms with van der Waals surface area (Å²) in [5.41, 5.74) is 0. The fourth-order valence-corrected chi connectivity index (χ4v) is 2.84. The fraction of sp³-hybridized carbons (Fsp3) is 0.500. The van der Waals surface area contributed by atoms with E-state index in [0.29, 0.717) is 12.2 Å². The zero-order valence-corrected chi connectivity index (χ0v) is 10.8. The van der Waals surface area contributed by atoms with Crippen LogP contribution in [0.15, 0.2) is 16.3 Å². The van der Waals surface area contributed by atoms with Crippen molar-refractivity contribution in [2.75, 3.05) is 19.0 Å². The molecule has 8 heteroatoms. The van der Waals surface area contributed by atoms with Crippen LogP contribution in [-0.2, 0) is 4.74 Å². The van der Waals surface area contributed by atoms with Gasteiger partial charge in [0.1, 0.15) is 11.5 Å². The zero-order valence-electron chi connectivity index (χ0n) is 9.20. The van der Waals surface area contributed by atoms with Crippen LogP contribution >= 0.6 is 23.1 Å². The molecule has 0 unspecified atom stereocenters. The number of carboxylic acid groups (broad SMARTS) is 1. The van der Waals surface area contributed by atoms with Crippen molar-refractivity contribution in [2.45, 2.75) is 17.5 Å². The van der Waals surface area contributed by atoms with Crippen LogP contribution in [0.3, 0.4) is 0 Å². The van der Waals surface area contributed by atoms with Gasteiger partial charge in [-0.15, -0.1) is 23.1 Å². The van der Waals surface area contributed by atoms with Crippen LogP contribution in [0.1, 0.15) is 16.1 Å². The second-order valence-corrected chi connectivity index (χ2v) is 5.40. The molecule has 18 heavy (non-hydrogen) atoms. The van der Waals surface area contributed by atoms with Gasteiger partial charge < -0.3 is 9.84 Å². The van der Waals surface area contributed by atoms with Gasteiger partial charge in [-0.25, -0.2) is 4.79 Å². The Labute approximate surface area is 110 Å². The van der Waals surface area contributed by atoms with Gasteiger partial charge >= 0.3 is 12.1 Å². The average molecular weight is 300 g/mol. The molecule has 0 spiro atoms. The lowest BCUT2D eigenvalue weighted by Crippen LogP contribution is -2.17. The number of thioether (sulfide) groups is 1. The van der Waals surface area contributed by atoms with Crippen molar-refractivity contribution in [1.29, 1.82) is 0 Å². The summed E-state index contributed by atoms with van der Waals surface area (Å²) in [4.78, 5) is 11.7. The summed E-state index contributed by atoms with van der Waals surface area (Å²) in [5.74, 6) is -0.381. The Balaban J connectivity index is 2.12. The predicted molar refractivity (Wildman–Crippen MR) is 63.5 cm³/mol. The second-order valence-electron chi connectivity index (χ2n) is 3.32. The lowest BCUT2D eigenvalue weighted by atomic mass is 10.5. The highest BCUT2D eigenvalue weighted by atomic mass is 32.2. The maximum atomic E-state index is 11.7. The van der Waals surface area contributed by atoms with Gasteiger partial charge in [-0.05, 0) is 12.5 Å². The number of rotatable bonds is 7. The minimum Gasteiger partial charge on any atom is -0.477 e. The Kier molecular flexibility index (Phi) is 5.97.